The third-order valence-corrected chi connectivity index (χ3v) is 4.90. The van der Waals surface area contributed by atoms with Gasteiger partial charge in [0.05, 0.1) is 8.80 Å². The number of hydrogen-bond donors (Lipinski definition) is 0. The number of hydrogen-bond acceptors (Lipinski definition) is 0. The lowest BCUT2D eigenvalue weighted by molar-refractivity contribution is 1.29. The van der Waals surface area contributed by atoms with Gasteiger partial charge in [-0.1, -0.05) is 60.8 Å². The van der Waals surface area contributed by atoms with Crippen LogP contribution >= 0.6 is 0 Å². The van der Waals surface area contributed by atoms with Gasteiger partial charge in [-0.3, -0.25) is 0 Å². The standard InChI is InChI=1S/C15H15Si/c1-16(2)14-10-9-12-6-3-5-11-7-4-8-13(14)15(11)12/h3-8,10H,9H2,1-2H3. The van der Waals surface area contributed by atoms with Gasteiger partial charge in [-0.25, -0.2) is 0 Å². The highest BCUT2D eigenvalue weighted by molar-refractivity contribution is 6.77. The van der Waals surface area contributed by atoms with Gasteiger partial charge < -0.3 is 0 Å². The maximum atomic E-state index is 2.44. The summed E-state index contributed by atoms with van der Waals surface area (Å²) < 4.78 is 0. The van der Waals surface area contributed by atoms with Crippen molar-refractivity contribution in [1.82, 2.24) is 0 Å². The van der Waals surface area contributed by atoms with Crippen molar-refractivity contribution in [2.75, 3.05) is 0 Å². The van der Waals surface area contributed by atoms with Crippen LogP contribution in [0.2, 0.25) is 13.1 Å². The molecule has 0 bridgehead atoms. The van der Waals surface area contributed by atoms with E-state index in [0.29, 0.717) is 0 Å². The molecule has 0 atom stereocenters. The van der Waals surface area contributed by atoms with E-state index in [0.717, 1.165) is 6.42 Å². The average molecular weight is 223 g/mol. The Labute approximate surface area is 98.2 Å². The minimum absolute atomic E-state index is 0.361. The van der Waals surface area contributed by atoms with Crippen molar-refractivity contribution >= 4 is 24.8 Å². The molecule has 0 N–H and O–H groups in total. The van der Waals surface area contributed by atoms with Gasteiger partial charge in [0.25, 0.3) is 0 Å². The van der Waals surface area contributed by atoms with Crippen LogP contribution in [0, 0.1) is 0 Å². The molecule has 2 aromatic carbocycles. The molecule has 0 fully saturated rings. The fraction of sp³-hybridized carbons (Fsp3) is 0.200. The van der Waals surface area contributed by atoms with E-state index >= 15 is 0 Å². The first-order valence-corrected chi connectivity index (χ1v) is 8.29. The fourth-order valence-electron chi connectivity index (χ4n) is 2.61. The molecular weight excluding hydrogens is 208 g/mol. The van der Waals surface area contributed by atoms with Gasteiger partial charge in [0.15, 0.2) is 0 Å². The van der Waals surface area contributed by atoms with Crippen molar-refractivity contribution in [3.63, 3.8) is 0 Å². The largest absolute Gasteiger partial charge is 0.0805 e. The summed E-state index contributed by atoms with van der Waals surface area (Å²) in [7, 11) is -0.361. The second-order valence-corrected chi connectivity index (χ2v) is 7.18. The normalized spacial score (nSPS) is 14.3. The van der Waals surface area contributed by atoms with E-state index in [1.807, 2.05) is 0 Å². The second kappa shape index (κ2) is 3.60. The Balaban J connectivity index is 2.37. The van der Waals surface area contributed by atoms with E-state index in [9.17, 15) is 0 Å². The molecular formula is C15H15Si. The van der Waals surface area contributed by atoms with Gasteiger partial charge in [0, 0.05) is 0 Å². The van der Waals surface area contributed by atoms with Gasteiger partial charge in [0.2, 0.25) is 0 Å². The zero-order valence-electron chi connectivity index (χ0n) is 9.75. The molecule has 0 unspecified atom stereocenters. The summed E-state index contributed by atoms with van der Waals surface area (Å²) in [6.07, 6.45) is 3.55. The first-order valence-electron chi connectivity index (χ1n) is 5.79. The molecule has 2 aromatic rings. The van der Waals surface area contributed by atoms with Gasteiger partial charge >= 0.3 is 0 Å². The van der Waals surface area contributed by atoms with Crippen LogP contribution in [0.15, 0.2) is 42.5 Å². The van der Waals surface area contributed by atoms with Gasteiger partial charge in [-0.05, 0) is 28.3 Å². The Morgan fingerprint density at radius 2 is 1.75 bits per heavy atom. The summed E-state index contributed by atoms with van der Waals surface area (Å²) in [6, 6.07) is 13.4. The Morgan fingerprint density at radius 1 is 1.00 bits per heavy atom. The Morgan fingerprint density at radius 3 is 2.50 bits per heavy atom. The fourth-order valence-corrected chi connectivity index (χ4v) is 3.87. The molecule has 0 aromatic heterocycles. The highest BCUT2D eigenvalue weighted by atomic mass is 28.3. The van der Waals surface area contributed by atoms with Crippen LogP contribution in [0.1, 0.15) is 11.1 Å². The molecule has 1 aliphatic rings. The molecule has 0 heterocycles. The van der Waals surface area contributed by atoms with Crippen LogP contribution in [0.5, 0.6) is 0 Å². The van der Waals surface area contributed by atoms with Crippen LogP contribution in [0.4, 0.5) is 0 Å². The molecule has 1 heteroatoms. The zero-order valence-corrected chi connectivity index (χ0v) is 10.7. The van der Waals surface area contributed by atoms with Crippen molar-refractivity contribution in [3.05, 3.63) is 53.6 Å². The lowest BCUT2D eigenvalue weighted by Gasteiger charge is -2.20. The van der Waals surface area contributed by atoms with Gasteiger partial charge in [-0.2, -0.15) is 0 Å². The Bertz CT molecular complexity index is 574. The van der Waals surface area contributed by atoms with E-state index in [4.69, 9.17) is 0 Å². The summed E-state index contributed by atoms with van der Waals surface area (Å²) in [5, 5.41) is 4.49. The summed E-state index contributed by atoms with van der Waals surface area (Å²) in [6.45, 7) is 4.76. The third-order valence-electron chi connectivity index (χ3n) is 3.35. The first kappa shape index (κ1) is 9.85. The van der Waals surface area contributed by atoms with Crippen molar-refractivity contribution in [2.24, 2.45) is 0 Å². The van der Waals surface area contributed by atoms with Crippen molar-refractivity contribution in [2.45, 2.75) is 19.5 Å². The molecule has 0 aliphatic heterocycles. The minimum Gasteiger partial charge on any atom is -0.0805 e. The van der Waals surface area contributed by atoms with E-state index in [1.54, 1.807) is 5.20 Å². The topological polar surface area (TPSA) is 0 Å². The number of allylic oxidation sites excluding steroid dienone is 1. The molecule has 79 valence electrons. The second-order valence-electron chi connectivity index (χ2n) is 4.64. The van der Waals surface area contributed by atoms with E-state index in [-0.39, 0.29) is 8.80 Å². The van der Waals surface area contributed by atoms with E-state index in [1.165, 1.54) is 21.9 Å². The Hall–Kier alpha value is -1.34. The lowest BCUT2D eigenvalue weighted by atomic mass is 9.93. The molecule has 0 nitrogen and oxygen atoms in total. The molecule has 16 heavy (non-hydrogen) atoms. The predicted octanol–water partition coefficient (Wildman–Crippen LogP) is 4.07. The SMILES string of the molecule is C[Si](C)C1=CCc2cccc3cccc1c23. The molecule has 3 rings (SSSR count). The lowest BCUT2D eigenvalue weighted by Crippen LogP contribution is -2.09. The number of rotatable bonds is 1. The van der Waals surface area contributed by atoms with Crippen LogP contribution in [0.25, 0.3) is 16.0 Å². The Kier molecular flexibility index (Phi) is 2.22. The smallest absolute Gasteiger partial charge is 0.0795 e. The van der Waals surface area contributed by atoms with Crippen LogP contribution in [-0.4, -0.2) is 8.80 Å². The van der Waals surface area contributed by atoms with Crippen molar-refractivity contribution < 1.29 is 0 Å². The molecule has 1 radical (unpaired) electrons. The predicted molar refractivity (Wildman–Crippen MR) is 73.1 cm³/mol. The van der Waals surface area contributed by atoms with Crippen molar-refractivity contribution in [3.8, 4) is 0 Å². The zero-order chi connectivity index (χ0) is 11.1. The molecule has 1 aliphatic carbocycles. The molecule has 0 saturated carbocycles. The summed E-state index contributed by atoms with van der Waals surface area (Å²) >= 11 is 0. The summed E-state index contributed by atoms with van der Waals surface area (Å²) in [5.41, 5.74) is 2.97. The van der Waals surface area contributed by atoms with Crippen LogP contribution in [-0.2, 0) is 6.42 Å². The monoisotopic (exact) mass is 223 g/mol. The van der Waals surface area contributed by atoms with Gasteiger partial charge in [0.1, 0.15) is 0 Å². The third kappa shape index (κ3) is 1.35. The molecule has 0 spiro atoms. The maximum absolute atomic E-state index is 2.44. The minimum atomic E-state index is -0.361. The van der Waals surface area contributed by atoms with Crippen LogP contribution in [0.3, 0.4) is 0 Å². The maximum Gasteiger partial charge on any atom is 0.0795 e. The van der Waals surface area contributed by atoms with Gasteiger partial charge in [-0.15, -0.1) is 0 Å². The highest BCUT2D eigenvalue weighted by Crippen LogP contribution is 2.33. The highest BCUT2D eigenvalue weighted by Gasteiger charge is 2.16. The quantitative estimate of drug-likeness (QED) is 0.639. The molecule has 0 amide bonds. The van der Waals surface area contributed by atoms with Crippen LogP contribution < -0.4 is 0 Å². The molecule has 0 saturated heterocycles. The van der Waals surface area contributed by atoms with E-state index in [2.05, 4.69) is 55.6 Å². The van der Waals surface area contributed by atoms with Crippen molar-refractivity contribution in [1.29, 1.82) is 0 Å². The van der Waals surface area contributed by atoms with E-state index < -0.39 is 0 Å². The average Bonchev–Trinajstić information content (AvgIpc) is 2.30. The summed E-state index contributed by atoms with van der Waals surface area (Å²) in [5.74, 6) is 0. The number of benzene rings is 2. The summed E-state index contributed by atoms with van der Waals surface area (Å²) in [4.78, 5) is 0. The first-order chi connectivity index (χ1) is 7.77.